The summed E-state index contributed by atoms with van der Waals surface area (Å²) in [5, 5.41) is 7.33. The Morgan fingerprint density at radius 2 is 2.17 bits per heavy atom. The maximum absolute atomic E-state index is 5.33. The van der Waals surface area contributed by atoms with E-state index in [1.165, 1.54) is 0 Å². The molecule has 0 bridgehead atoms. The lowest BCUT2D eigenvalue weighted by molar-refractivity contribution is 0.174. The summed E-state index contributed by atoms with van der Waals surface area (Å²) in [6.07, 6.45) is 1.55. The quantitative estimate of drug-likeness (QED) is 0.866. The first-order valence-electron chi connectivity index (χ1n) is 5.75. The van der Waals surface area contributed by atoms with Crippen molar-refractivity contribution in [2.45, 2.75) is 13.1 Å². The number of benzene rings is 1. The summed E-state index contributed by atoms with van der Waals surface area (Å²) in [6, 6.07) is 5.95. The molecular formula is C12H14N4O2. The molecule has 1 aliphatic heterocycles. The van der Waals surface area contributed by atoms with E-state index in [0.29, 0.717) is 13.3 Å². The van der Waals surface area contributed by atoms with E-state index in [9.17, 15) is 0 Å². The molecule has 0 saturated carbocycles. The van der Waals surface area contributed by atoms with Crippen LogP contribution in [0.3, 0.4) is 0 Å². The van der Waals surface area contributed by atoms with Gasteiger partial charge in [-0.15, -0.1) is 0 Å². The van der Waals surface area contributed by atoms with Crippen molar-refractivity contribution in [1.29, 1.82) is 0 Å². The molecule has 0 aliphatic carbocycles. The van der Waals surface area contributed by atoms with Gasteiger partial charge in [0.1, 0.15) is 12.2 Å². The topological polar surface area (TPSA) is 61.2 Å². The van der Waals surface area contributed by atoms with E-state index in [1.54, 1.807) is 11.0 Å². The summed E-state index contributed by atoms with van der Waals surface area (Å²) in [4.78, 5) is 4.15. The molecule has 0 radical (unpaired) electrons. The molecule has 1 aliphatic rings. The number of aryl methyl sites for hydroxylation is 1. The van der Waals surface area contributed by atoms with E-state index < -0.39 is 0 Å². The summed E-state index contributed by atoms with van der Waals surface area (Å²) in [5.74, 6) is 2.54. The van der Waals surface area contributed by atoms with Gasteiger partial charge in [-0.3, -0.25) is 4.68 Å². The van der Waals surface area contributed by atoms with Gasteiger partial charge in [-0.05, 0) is 17.7 Å². The zero-order chi connectivity index (χ0) is 12.4. The van der Waals surface area contributed by atoms with Crippen LogP contribution in [0, 0.1) is 0 Å². The Morgan fingerprint density at radius 1 is 1.28 bits per heavy atom. The van der Waals surface area contributed by atoms with Crippen molar-refractivity contribution in [3.63, 3.8) is 0 Å². The summed E-state index contributed by atoms with van der Waals surface area (Å²) in [5.41, 5.74) is 1.15. The first kappa shape index (κ1) is 11.0. The molecule has 0 amide bonds. The standard InChI is InChI=1S/C12H14N4O2/c1-16-12(14-7-15-16)6-13-5-9-2-3-10-11(4-9)18-8-17-10/h2-4,7,13H,5-6,8H2,1H3. The zero-order valence-corrected chi connectivity index (χ0v) is 10.1. The Balaban J connectivity index is 1.59. The fourth-order valence-electron chi connectivity index (χ4n) is 1.85. The van der Waals surface area contributed by atoms with Crippen molar-refractivity contribution >= 4 is 0 Å². The van der Waals surface area contributed by atoms with Crippen molar-refractivity contribution in [1.82, 2.24) is 20.1 Å². The summed E-state index contributed by atoms with van der Waals surface area (Å²) in [7, 11) is 1.88. The Labute approximate surface area is 105 Å². The van der Waals surface area contributed by atoms with Crippen molar-refractivity contribution in [2.75, 3.05) is 6.79 Å². The first-order valence-corrected chi connectivity index (χ1v) is 5.75. The number of ether oxygens (including phenoxy) is 2. The predicted octanol–water partition coefficient (Wildman–Crippen LogP) is 0.834. The maximum Gasteiger partial charge on any atom is 0.231 e. The van der Waals surface area contributed by atoms with Gasteiger partial charge in [-0.1, -0.05) is 6.07 Å². The number of nitrogens with zero attached hydrogens (tertiary/aromatic N) is 3. The van der Waals surface area contributed by atoms with E-state index in [2.05, 4.69) is 15.4 Å². The minimum absolute atomic E-state index is 0.311. The lowest BCUT2D eigenvalue weighted by atomic mass is 10.2. The molecule has 1 N–H and O–H groups in total. The highest BCUT2D eigenvalue weighted by molar-refractivity contribution is 5.44. The molecule has 18 heavy (non-hydrogen) atoms. The van der Waals surface area contributed by atoms with Gasteiger partial charge < -0.3 is 14.8 Å². The number of fused-ring (bicyclic) bond motifs is 1. The van der Waals surface area contributed by atoms with Crippen LogP contribution in [-0.4, -0.2) is 21.6 Å². The molecule has 0 fully saturated rings. The SMILES string of the molecule is Cn1ncnc1CNCc1ccc2c(c1)OCO2. The molecule has 6 nitrogen and oxygen atoms in total. The Morgan fingerprint density at radius 3 is 3.00 bits per heavy atom. The zero-order valence-electron chi connectivity index (χ0n) is 10.1. The molecule has 0 saturated heterocycles. The monoisotopic (exact) mass is 246 g/mol. The third-order valence-corrected chi connectivity index (χ3v) is 2.85. The van der Waals surface area contributed by atoms with Crippen LogP contribution < -0.4 is 14.8 Å². The fourth-order valence-corrected chi connectivity index (χ4v) is 1.85. The van der Waals surface area contributed by atoms with Crippen molar-refractivity contribution in [3.05, 3.63) is 35.9 Å². The Kier molecular flexibility index (Phi) is 2.85. The summed E-state index contributed by atoms with van der Waals surface area (Å²) in [6.45, 7) is 1.75. The van der Waals surface area contributed by atoms with Crippen LogP contribution in [0.25, 0.3) is 0 Å². The van der Waals surface area contributed by atoms with Crippen LogP contribution in [0.15, 0.2) is 24.5 Å². The second-order valence-electron chi connectivity index (χ2n) is 4.09. The average molecular weight is 246 g/mol. The van der Waals surface area contributed by atoms with Crippen molar-refractivity contribution in [2.24, 2.45) is 7.05 Å². The molecule has 3 rings (SSSR count). The van der Waals surface area contributed by atoms with Crippen LogP contribution in [0.1, 0.15) is 11.4 Å². The van der Waals surface area contributed by atoms with Gasteiger partial charge in [0, 0.05) is 13.6 Å². The lowest BCUT2D eigenvalue weighted by Crippen LogP contribution is -2.16. The van der Waals surface area contributed by atoms with Gasteiger partial charge in [0.25, 0.3) is 0 Å². The van der Waals surface area contributed by atoms with Gasteiger partial charge in [-0.2, -0.15) is 5.10 Å². The first-order chi connectivity index (χ1) is 8.83. The molecule has 0 unspecified atom stereocenters. The van der Waals surface area contributed by atoms with E-state index in [4.69, 9.17) is 9.47 Å². The van der Waals surface area contributed by atoms with E-state index in [1.807, 2.05) is 25.2 Å². The second kappa shape index (κ2) is 4.66. The number of hydrogen-bond acceptors (Lipinski definition) is 5. The van der Waals surface area contributed by atoms with Crippen LogP contribution in [0.5, 0.6) is 11.5 Å². The highest BCUT2D eigenvalue weighted by atomic mass is 16.7. The maximum atomic E-state index is 5.33. The second-order valence-corrected chi connectivity index (χ2v) is 4.09. The largest absolute Gasteiger partial charge is 0.454 e. The number of nitrogens with one attached hydrogen (secondary N) is 1. The minimum atomic E-state index is 0.311. The van der Waals surface area contributed by atoms with E-state index in [0.717, 1.165) is 29.4 Å². The summed E-state index contributed by atoms with van der Waals surface area (Å²) >= 11 is 0. The molecule has 1 aromatic carbocycles. The molecule has 1 aromatic heterocycles. The average Bonchev–Trinajstić information content (AvgIpc) is 2.98. The van der Waals surface area contributed by atoms with Crippen LogP contribution >= 0.6 is 0 Å². The Hall–Kier alpha value is -2.08. The van der Waals surface area contributed by atoms with Crippen molar-refractivity contribution < 1.29 is 9.47 Å². The fraction of sp³-hybridized carbons (Fsp3) is 0.333. The number of aromatic nitrogens is 3. The highest BCUT2D eigenvalue weighted by Gasteiger charge is 2.12. The molecular weight excluding hydrogens is 232 g/mol. The minimum Gasteiger partial charge on any atom is -0.454 e. The van der Waals surface area contributed by atoms with Gasteiger partial charge in [0.15, 0.2) is 11.5 Å². The van der Waals surface area contributed by atoms with Gasteiger partial charge >= 0.3 is 0 Å². The van der Waals surface area contributed by atoms with Crippen molar-refractivity contribution in [3.8, 4) is 11.5 Å². The summed E-state index contributed by atoms with van der Waals surface area (Å²) < 4.78 is 12.4. The van der Waals surface area contributed by atoms with E-state index >= 15 is 0 Å². The molecule has 2 aromatic rings. The van der Waals surface area contributed by atoms with Crippen LogP contribution in [-0.2, 0) is 20.1 Å². The van der Waals surface area contributed by atoms with Crippen LogP contribution in [0.2, 0.25) is 0 Å². The van der Waals surface area contributed by atoms with Gasteiger partial charge in [-0.25, -0.2) is 4.98 Å². The molecule has 2 heterocycles. The lowest BCUT2D eigenvalue weighted by Gasteiger charge is -2.05. The third-order valence-electron chi connectivity index (χ3n) is 2.85. The van der Waals surface area contributed by atoms with E-state index in [-0.39, 0.29) is 0 Å². The number of hydrogen-bond donors (Lipinski definition) is 1. The highest BCUT2D eigenvalue weighted by Crippen LogP contribution is 2.32. The van der Waals surface area contributed by atoms with Gasteiger partial charge in [0.2, 0.25) is 6.79 Å². The molecule has 94 valence electrons. The van der Waals surface area contributed by atoms with Crippen LogP contribution in [0.4, 0.5) is 0 Å². The third kappa shape index (κ3) is 2.14. The van der Waals surface area contributed by atoms with Gasteiger partial charge in [0.05, 0.1) is 6.54 Å². The molecule has 6 heteroatoms. The number of rotatable bonds is 4. The molecule has 0 spiro atoms. The smallest absolute Gasteiger partial charge is 0.231 e. The normalized spacial score (nSPS) is 12.9. The Bertz CT molecular complexity index is 553. The molecule has 0 atom stereocenters. The predicted molar refractivity (Wildman–Crippen MR) is 64.1 cm³/mol.